The Morgan fingerprint density at radius 3 is 3.16 bits per heavy atom. The van der Waals surface area contributed by atoms with E-state index in [2.05, 4.69) is 4.98 Å². The maximum absolute atomic E-state index is 10.6. The molecule has 0 aliphatic carbocycles. The van der Waals surface area contributed by atoms with Crippen molar-refractivity contribution in [2.24, 2.45) is 5.92 Å². The second-order valence-corrected chi connectivity index (χ2v) is 4.55. The molecule has 102 valence electrons. The van der Waals surface area contributed by atoms with Crippen molar-refractivity contribution in [1.29, 1.82) is 0 Å². The third-order valence-corrected chi connectivity index (χ3v) is 2.91. The Labute approximate surface area is 111 Å². The van der Waals surface area contributed by atoms with Gasteiger partial charge in [0.2, 0.25) is 0 Å². The van der Waals surface area contributed by atoms with Gasteiger partial charge >= 0.3 is 5.97 Å². The fourth-order valence-corrected chi connectivity index (χ4v) is 1.88. The summed E-state index contributed by atoms with van der Waals surface area (Å²) in [6, 6.07) is 3.66. The minimum atomic E-state index is -1.00. The minimum absolute atomic E-state index is 0.401. The highest BCUT2D eigenvalue weighted by Crippen LogP contribution is 2.21. The van der Waals surface area contributed by atoms with E-state index in [0.29, 0.717) is 24.0 Å². The van der Waals surface area contributed by atoms with Gasteiger partial charge in [-0.15, -0.1) is 0 Å². The number of ether oxygens (including phenoxy) is 2. The number of rotatable bonds is 5. The first-order valence-corrected chi connectivity index (χ1v) is 6.24. The van der Waals surface area contributed by atoms with Crippen LogP contribution in [0, 0.1) is 12.8 Å². The number of carboxylic acid groups (broad SMARTS) is 1. The van der Waals surface area contributed by atoms with Crippen LogP contribution >= 0.6 is 0 Å². The molecule has 1 atom stereocenters. The first kappa shape index (κ1) is 13.5. The predicted octanol–water partition coefficient (Wildman–Crippen LogP) is 1.90. The van der Waals surface area contributed by atoms with Crippen LogP contribution in [0.4, 0.5) is 0 Å². The number of aromatic nitrogens is 1. The topological polar surface area (TPSA) is 68.7 Å². The van der Waals surface area contributed by atoms with Crippen LogP contribution < -0.4 is 4.74 Å². The van der Waals surface area contributed by atoms with E-state index < -0.39 is 5.97 Å². The zero-order valence-electron chi connectivity index (χ0n) is 10.8. The van der Waals surface area contributed by atoms with Gasteiger partial charge in [-0.25, -0.2) is 9.78 Å². The van der Waals surface area contributed by atoms with E-state index in [0.717, 1.165) is 31.4 Å². The normalized spacial score (nSPS) is 18.9. The molecule has 0 aromatic carbocycles. The largest absolute Gasteiger partial charge is 0.491 e. The van der Waals surface area contributed by atoms with Crippen LogP contribution in [0.25, 0.3) is 6.08 Å². The SMILES string of the molecule is Cc1ccc(OCC2CCOC2)c(C=CC(=O)O)n1. The number of aryl methyl sites for hydroxylation is 1. The van der Waals surface area contributed by atoms with Crippen molar-refractivity contribution in [2.45, 2.75) is 13.3 Å². The lowest BCUT2D eigenvalue weighted by atomic mass is 10.1. The average molecular weight is 263 g/mol. The molecule has 1 N–H and O–H groups in total. The van der Waals surface area contributed by atoms with Gasteiger partial charge in [-0.05, 0) is 31.6 Å². The lowest BCUT2D eigenvalue weighted by Crippen LogP contribution is -2.12. The number of nitrogens with zero attached hydrogens (tertiary/aromatic N) is 1. The van der Waals surface area contributed by atoms with Gasteiger partial charge in [-0.3, -0.25) is 0 Å². The molecule has 0 amide bonds. The minimum Gasteiger partial charge on any atom is -0.491 e. The smallest absolute Gasteiger partial charge is 0.328 e. The van der Waals surface area contributed by atoms with Crippen LogP contribution in [-0.4, -0.2) is 35.9 Å². The summed E-state index contributed by atoms with van der Waals surface area (Å²) in [5.74, 6) is 0.00561. The van der Waals surface area contributed by atoms with E-state index >= 15 is 0 Å². The highest BCUT2D eigenvalue weighted by atomic mass is 16.5. The summed E-state index contributed by atoms with van der Waals surface area (Å²) in [6.45, 7) is 3.93. The average Bonchev–Trinajstić information content (AvgIpc) is 2.88. The lowest BCUT2D eigenvalue weighted by Gasteiger charge is -2.12. The maximum Gasteiger partial charge on any atom is 0.328 e. The van der Waals surface area contributed by atoms with Gasteiger partial charge in [0.15, 0.2) is 0 Å². The Bertz CT molecular complexity index is 478. The van der Waals surface area contributed by atoms with Gasteiger partial charge in [0.05, 0.1) is 13.2 Å². The molecule has 0 spiro atoms. The van der Waals surface area contributed by atoms with Crippen LogP contribution in [0.2, 0.25) is 0 Å². The number of carboxylic acids is 1. The molecule has 1 aromatic rings. The van der Waals surface area contributed by atoms with Crippen LogP contribution in [0.3, 0.4) is 0 Å². The van der Waals surface area contributed by atoms with Crippen LogP contribution in [0.5, 0.6) is 5.75 Å². The van der Waals surface area contributed by atoms with E-state index in [1.54, 1.807) is 0 Å². The molecule has 1 aromatic heterocycles. The number of hydrogen-bond acceptors (Lipinski definition) is 4. The molecule has 2 heterocycles. The van der Waals surface area contributed by atoms with Crippen molar-refractivity contribution in [2.75, 3.05) is 19.8 Å². The van der Waals surface area contributed by atoms with E-state index in [-0.39, 0.29) is 0 Å². The van der Waals surface area contributed by atoms with Gasteiger partial charge in [-0.2, -0.15) is 0 Å². The van der Waals surface area contributed by atoms with Gasteiger partial charge in [-0.1, -0.05) is 0 Å². The molecule has 19 heavy (non-hydrogen) atoms. The first-order chi connectivity index (χ1) is 9.15. The summed E-state index contributed by atoms with van der Waals surface area (Å²) < 4.78 is 11.0. The highest BCUT2D eigenvalue weighted by molar-refractivity contribution is 5.85. The Balaban J connectivity index is 2.07. The highest BCUT2D eigenvalue weighted by Gasteiger charge is 2.16. The van der Waals surface area contributed by atoms with Crippen molar-refractivity contribution in [3.8, 4) is 5.75 Å². The molecule has 1 fully saturated rings. The molecule has 5 nitrogen and oxygen atoms in total. The molecule has 1 aliphatic heterocycles. The van der Waals surface area contributed by atoms with Crippen LogP contribution in [0.1, 0.15) is 17.8 Å². The van der Waals surface area contributed by atoms with Gasteiger partial charge in [0.25, 0.3) is 0 Å². The van der Waals surface area contributed by atoms with Crippen LogP contribution in [-0.2, 0) is 9.53 Å². The third-order valence-electron chi connectivity index (χ3n) is 2.91. The van der Waals surface area contributed by atoms with Crippen molar-refractivity contribution < 1.29 is 19.4 Å². The molecule has 5 heteroatoms. The molecule has 0 saturated carbocycles. The molecular formula is C14H17NO4. The second-order valence-electron chi connectivity index (χ2n) is 4.55. The fourth-order valence-electron chi connectivity index (χ4n) is 1.88. The summed E-state index contributed by atoms with van der Waals surface area (Å²) in [4.78, 5) is 14.8. The monoisotopic (exact) mass is 263 g/mol. The number of hydrogen-bond donors (Lipinski definition) is 1. The number of carbonyl (C=O) groups is 1. The predicted molar refractivity (Wildman–Crippen MR) is 70.1 cm³/mol. The Kier molecular flexibility index (Phi) is 4.52. The van der Waals surface area contributed by atoms with Gasteiger partial charge in [0, 0.05) is 24.3 Å². The fraction of sp³-hybridized carbons (Fsp3) is 0.429. The van der Waals surface area contributed by atoms with Crippen molar-refractivity contribution in [3.05, 3.63) is 29.6 Å². The summed E-state index contributed by atoms with van der Waals surface area (Å²) in [6.07, 6.45) is 3.52. The maximum atomic E-state index is 10.6. The van der Waals surface area contributed by atoms with Crippen LogP contribution in [0.15, 0.2) is 18.2 Å². The standard InChI is InChI=1S/C14H17NO4/c1-10-2-4-13(12(15-10)3-5-14(16)17)19-9-11-6-7-18-8-11/h2-5,11H,6-9H2,1H3,(H,16,17). The first-order valence-electron chi connectivity index (χ1n) is 6.24. The summed E-state index contributed by atoms with van der Waals surface area (Å²) >= 11 is 0. The zero-order valence-corrected chi connectivity index (χ0v) is 10.8. The summed E-state index contributed by atoms with van der Waals surface area (Å²) in [5, 5.41) is 8.67. The van der Waals surface area contributed by atoms with E-state index in [1.807, 2.05) is 19.1 Å². The molecule has 2 rings (SSSR count). The van der Waals surface area contributed by atoms with Crippen molar-refractivity contribution in [1.82, 2.24) is 4.98 Å². The Hall–Kier alpha value is -1.88. The van der Waals surface area contributed by atoms with Crippen molar-refractivity contribution >= 4 is 12.0 Å². The quantitative estimate of drug-likeness (QED) is 0.822. The van der Waals surface area contributed by atoms with Gasteiger partial charge < -0.3 is 14.6 Å². The molecule has 0 bridgehead atoms. The molecule has 1 saturated heterocycles. The van der Waals surface area contributed by atoms with E-state index in [9.17, 15) is 4.79 Å². The second kappa shape index (κ2) is 6.33. The van der Waals surface area contributed by atoms with E-state index in [1.165, 1.54) is 6.08 Å². The lowest BCUT2D eigenvalue weighted by molar-refractivity contribution is -0.131. The molecule has 1 aliphatic rings. The zero-order chi connectivity index (χ0) is 13.7. The van der Waals surface area contributed by atoms with Crippen molar-refractivity contribution in [3.63, 3.8) is 0 Å². The van der Waals surface area contributed by atoms with E-state index in [4.69, 9.17) is 14.6 Å². The molecule has 0 radical (unpaired) electrons. The Morgan fingerprint density at radius 1 is 1.63 bits per heavy atom. The third kappa shape index (κ3) is 4.06. The van der Waals surface area contributed by atoms with Gasteiger partial charge in [0.1, 0.15) is 11.4 Å². The summed E-state index contributed by atoms with van der Waals surface area (Å²) in [5.41, 5.74) is 1.36. The Morgan fingerprint density at radius 2 is 2.47 bits per heavy atom. The number of pyridine rings is 1. The summed E-state index contributed by atoms with van der Waals surface area (Å²) in [7, 11) is 0. The molecule has 1 unspecified atom stereocenters. The number of aliphatic carboxylic acids is 1. The molecular weight excluding hydrogens is 246 g/mol.